The number of ketones is 2. The molecule has 0 saturated carbocycles. The van der Waals surface area contributed by atoms with E-state index >= 15 is 0 Å². The molecule has 0 unspecified atom stereocenters. The van der Waals surface area contributed by atoms with E-state index in [4.69, 9.17) is 9.47 Å². The molecule has 26 heavy (non-hydrogen) atoms. The summed E-state index contributed by atoms with van der Waals surface area (Å²) in [6.45, 7) is 0. The Morgan fingerprint density at radius 1 is 0.846 bits per heavy atom. The summed E-state index contributed by atoms with van der Waals surface area (Å²) in [7, 11) is 2.90. The van der Waals surface area contributed by atoms with E-state index in [-0.39, 0.29) is 24.2 Å². The van der Waals surface area contributed by atoms with Crippen LogP contribution in [0.5, 0.6) is 11.5 Å². The minimum Gasteiger partial charge on any atom is -0.493 e. The van der Waals surface area contributed by atoms with Gasteiger partial charge in [0.1, 0.15) is 0 Å². The molecule has 2 aromatic rings. The fraction of sp³-hybridized carbons (Fsp3) is 0.263. The van der Waals surface area contributed by atoms with Gasteiger partial charge in [-0.15, -0.1) is 0 Å². The van der Waals surface area contributed by atoms with Gasteiger partial charge in [-0.1, -0.05) is 12.1 Å². The molecule has 2 rings (SSSR count). The Kier molecular flexibility index (Phi) is 6.02. The van der Waals surface area contributed by atoms with Crippen molar-refractivity contribution in [1.29, 1.82) is 0 Å². The van der Waals surface area contributed by atoms with E-state index in [1.807, 2.05) is 0 Å². The molecule has 0 aromatic heterocycles. The number of Topliss-reactive ketones (excluding diaryl/α,β-unsaturated/α-hetero) is 2. The first-order valence-corrected chi connectivity index (χ1v) is 7.72. The number of halogens is 3. The average Bonchev–Trinajstić information content (AvgIpc) is 2.64. The van der Waals surface area contributed by atoms with Gasteiger partial charge < -0.3 is 9.47 Å². The SMILES string of the molecule is COc1ccc(C(=O)CCC(=O)c2cccc(C(F)(F)F)c2)cc1OC. The molecular formula is C19H17F3O4. The van der Waals surface area contributed by atoms with Crippen molar-refractivity contribution in [3.63, 3.8) is 0 Å². The van der Waals surface area contributed by atoms with Crippen LogP contribution in [0.3, 0.4) is 0 Å². The Morgan fingerprint density at radius 2 is 1.42 bits per heavy atom. The standard InChI is InChI=1S/C19H17F3O4/c1-25-17-9-6-13(11-18(17)26-2)16(24)8-7-15(23)12-4-3-5-14(10-12)19(20,21)22/h3-6,9-11H,7-8H2,1-2H3. The highest BCUT2D eigenvalue weighted by Crippen LogP contribution is 2.30. The van der Waals surface area contributed by atoms with Gasteiger partial charge >= 0.3 is 6.18 Å². The van der Waals surface area contributed by atoms with Crippen molar-refractivity contribution in [2.75, 3.05) is 14.2 Å². The predicted molar refractivity (Wildman–Crippen MR) is 88.9 cm³/mol. The fourth-order valence-electron chi connectivity index (χ4n) is 2.39. The Bertz CT molecular complexity index is 813. The lowest BCUT2D eigenvalue weighted by Crippen LogP contribution is -2.09. The molecule has 0 N–H and O–H groups in total. The molecule has 0 bridgehead atoms. The molecule has 0 spiro atoms. The summed E-state index contributed by atoms with van der Waals surface area (Å²) in [5.74, 6) is 0.00264. The maximum atomic E-state index is 12.7. The summed E-state index contributed by atoms with van der Waals surface area (Å²) < 4.78 is 48.3. The van der Waals surface area contributed by atoms with Crippen LogP contribution in [-0.2, 0) is 6.18 Å². The van der Waals surface area contributed by atoms with Crippen molar-refractivity contribution >= 4 is 11.6 Å². The number of methoxy groups -OCH3 is 2. The monoisotopic (exact) mass is 366 g/mol. The molecule has 0 atom stereocenters. The second-order valence-corrected chi connectivity index (χ2v) is 5.49. The number of benzene rings is 2. The first-order valence-electron chi connectivity index (χ1n) is 7.72. The minimum absolute atomic E-state index is 0.0695. The van der Waals surface area contributed by atoms with Gasteiger partial charge in [-0.2, -0.15) is 13.2 Å². The van der Waals surface area contributed by atoms with Crippen LogP contribution < -0.4 is 9.47 Å². The zero-order valence-electron chi connectivity index (χ0n) is 14.2. The van der Waals surface area contributed by atoms with Crippen LogP contribution in [0, 0.1) is 0 Å². The summed E-state index contributed by atoms with van der Waals surface area (Å²) in [6.07, 6.45) is -4.83. The molecule has 0 aliphatic heterocycles. The van der Waals surface area contributed by atoms with Crippen molar-refractivity contribution < 1.29 is 32.2 Å². The van der Waals surface area contributed by atoms with Gasteiger partial charge in [-0.3, -0.25) is 9.59 Å². The molecule has 0 saturated heterocycles. The van der Waals surface area contributed by atoms with Crippen LogP contribution in [0.15, 0.2) is 42.5 Å². The quantitative estimate of drug-likeness (QED) is 0.674. The molecule has 0 amide bonds. The van der Waals surface area contributed by atoms with E-state index in [0.717, 1.165) is 12.1 Å². The van der Waals surface area contributed by atoms with Crippen LogP contribution >= 0.6 is 0 Å². The van der Waals surface area contributed by atoms with Crippen LogP contribution in [0.2, 0.25) is 0 Å². The van der Waals surface area contributed by atoms with E-state index in [1.165, 1.54) is 32.4 Å². The lowest BCUT2D eigenvalue weighted by atomic mass is 10.00. The molecule has 0 radical (unpaired) electrons. The molecule has 4 nitrogen and oxygen atoms in total. The molecule has 0 fully saturated rings. The lowest BCUT2D eigenvalue weighted by molar-refractivity contribution is -0.137. The van der Waals surface area contributed by atoms with Crippen LogP contribution in [0.4, 0.5) is 13.2 Å². The van der Waals surface area contributed by atoms with E-state index in [0.29, 0.717) is 17.1 Å². The fourth-order valence-corrected chi connectivity index (χ4v) is 2.39. The summed E-state index contributed by atoms with van der Waals surface area (Å²) in [6, 6.07) is 8.77. The molecule has 0 heterocycles. The first kappa shape index (κ1) is 19.5. The van der Waals surface area contributed by atoms with E-state index < -0.39 is 17.5 Å². The van der Waals surface area contributed by atoms with Gasteiger partial charge in [0.15, 0.2) is 23.1 Å². The highest BCUT2D eigenvalue weighted by molar-refractivity contribution is 6.02. The van der Waals surface area contributed by atoms with Gasteiger partial charge in [-0.05, 0) is 30.3 Å². The summed E-state index contributed by atoms with van der Waals surface area (Å²) in [5, 5.41) is 0. The minimum atomic E-state index is -4.52. The highest BCUT2D eigenvalue weighted by Gasteiger charge is 2.30. The third-order valence-electron chi connectivity index (χ3n) is 3.80. The first-order chi connectivity index (χ1) is 12.3. The largest absolute Gasteiger partial charge is 0.493 e. The van der Waals surface area contributed by atoms with Crippen molar-refractivity contribution in [2.24, 2.45) is 0 Å². The van der Waals surface area contributed by atoms with Gasteiger partial charge in [0.05, 0.1) is 19.8 Å². The predicted octanol–water partition coefficient (Wildman–Crippen LogP) is 4.57. The molecule has 2 aromatic carbocycles. The molecule has 0 aliphatic rings. The molecule has 138 valence electrons. The van der Waals surface area contributed by atoms with Crippen molar-refractivity contribution in [1.82, 2.24) is 0 Å². The second-order valence-electron chi connectivity index (χ2n) is 5.49. The molecular weight excluding hydrogens is 349 g/mol. The maximum absolute atomic E-state index is 12.7. The number of hydrogen-bond donors (Lipinski definition) is 0. The maximum Gasteiger partial charge on any atom is 0.416 e. The third kappa shape index (κ3) is 4.62. The summed E-state index contributed by atoms with van der Waals surface area (Å²) in [4.78, 5) is 24.4. The normalized spacial score (nSPS) is 11.1. The summed E-state index contributed by atoms with van der Waals surface area (Å²) >= 11 is 0. The van der Waals surface area contributed by atoms with Crippen LogP contribution in [0.25, 0.3) is 0 Å². The highest BCUT2D eigenvalue weighted by atomic mass is 19.4. The Hall–Kier alpha value is -2.83. The van der Waals surface area contributed by atoms with E-state index in [1.54, 1.807) is 12.1 Å². The number of rotatable bonds is 7. The topological polar surface area (TPSA) is 52.6 Å². The van der Waals surface area contributed by atoms with Gasteiger partial charge in [-0.25, -0.2) is 0 Å². The van der Waals surface area contributed by atoms with Crippen molar-refractivity contribution in [3.8, 4) is 11.5 Å². The number of hydrogen-bond acceptors (Lipinski definition) is 4. The zero-order chi connectivity index (χ0) is 19.3. The van der Waals surface area contributed by atoms with Crippen molar-refractivity contribution in [3.05, 3.63) is 59.2 Å². The van der Waals surface area contributed by atoms with Crippen LogP contribution in [0.1, 0.15) is 39.1 Å². The smallest absolute Gasteiger partial charge is 0.416 e. The molecule has 7 heteroatoms. The number of carbonyl (C=O) groups excluding carboxylic acids is 2. The Balaban J connectivity index is 2.07. The van der Waals surface area contributed by atoms with Crippen LogP contribution in [-0.4, -0.2) is 25.8 Å². The van der Waals surface area contributed by atoms with E-state index in [9.17, 15) is 22.8 Å². The Morgan fingerprint density at radius 3 is 1.96 bits per heavy atom. The molecule has 0 aliphatic carbocycles. The third-order valence-corrected chi connectivity index (χ3v) is 3.80. The average molecular weight is 366 g/mol. The van der Waals surface area contributed by atoms with Gasteiger partial charge in [0.25, 0.3) is 0 Å². The lowest BCUT2D eigenvalue weighted by Gasteiger charge is -2.09. The zero-order valence-corrected chi connectivity index (χ0v) is 14.2. The number of ether oxygens (including phenoxy) is 2. The second kappa shape index (κ2) is 8.03. The summed E-state index contributed by atoms with van der Waals surface area (Å²) in [5.41, 5.74) is -0.631. The van der Waals surface area contributed by atoms with E-state index in [2.05, 4.69) is 0 Å². The van der Waals surface area contributed by atoms with Gasteiger partial charge in [0.2, 0.25) is 0 Å². The van der Waals surface area contributed by atoms with Crippen molar-refractivity contribution in [2.45, 2.75) is 19.0 Å². The number of alkyl halides is 3. The number of carbonyl (C=O) groups is 2. The van der Waals surface area contributed by atoms with Gasteiger partial charge in [0, 0.05) is 24.0 Å². The Labute approximate surface area is 148 Å².